The van der Waals surface area contributed by atoms with Gasteiger partial charge < -0.3 is 10.6 Å². The minimum Gasteiger partial charge on any atom is -0.368 e. The second kappa shape index (κ2) is 6.40. The number of piperidine rings is 1. The summed E-state index contributed by atoms with van der Waals surface area (Å²) in [7, 11) is 0. The van der Waals surface area contributed by atoms with Crippen LogP contribution in [-0.2, 0) is 6.42 Å². The molecule has 0 spiro atoms. The molecule has 0 atom stereocenters. The van der Waals surface area contributed by atoms with Crippen molar-refractivity contribution in [2.24, 2.45) is 5.73 Å². The minimum absolute atomic E-state index is 0.249. The number of rotatable bonds is 3. The lowest BCUT2D eigenvalue weighted by Gasteiger charge is -2.32. The highest BCUT2D eigenvalue weighted by atomic mass is 19.1. The molecule has 0 saturated carbocycles. The van der Waals surface area contributed by atoms with E-state index < -0.39 is 0 Å². The number of anilines is 1. The predicted octanol–water partition coefficient (Wildman–Crippen LogP) is 2.77. The van der Waals surface area contributed by atoms with Crippen LogP contribution in [0.25, 0.3) is 11.3 Å². The zero-order valence-electron chi connectivity index (χ0n) is 12.8. The lowest BCUT2D eigenvalue weighted by atomic mass is 10.0. The molecule has 0 bridgehead atoms. The van der Waals surface area contributed by atoms with Crippen LogP contribution in [0.5, 0.6) is 0 Å². The first kappa shape index (κ1) is 14.9. The summed E-state index contributed by atoms with van der Waals surface area (Å²) in [5.74, 6) is 0.525. The summed E-state index contributed by atoms with van der Waals surface area (Å²) in [4.78, 5) is 11.3. The van der Waals surface area contributed by atoms with Gasteiger partial charge >= 0.3 is 0 Å². The van der Waals surface area contributed by atoms with Gasteiger partial charge in [0, 0.05) is 31.1 Å². The number of nitrogens with two attached hydrogens (primary N) is 1. The highest BCUT2D eigenvalue weighted by Crippen LogP contribution is 2.30. The standard InChI is InChI=1S/C17H21FN4/c1-2-16-20-11-15(22-8-6-14(19)7-9-22)17(21-16)12-4-3-5-13(18)10-12/h3-5,10-11,14H,2,6-9,19H2,1H3. The van der Waals surface area contributed by atoms with Crippen molar-refractivity contribution in [2.75, 3.05) is 18.0 Å². The third-order valence-electron chi connectivity index (χ3n) is 4.11. The number of halogens is 1. The molecule has 22 heavy (non-hydrogen) atoms. The molecule has 2 aromatic rings. The van der Waals surface area contributed by atoms with Gasteiger partial charge in [0.05, 0.1) is 17.6 Å². The number of benzene rings is 1. The monoisotopic (exact) mass is 300 g/mol. The fraction of sp³-hybridized carbons (Fsp3) is 0.412. The predicted molar refractivity (Wildman–Crippen MR) is 86.2 cm³/mol. The molecule has 0 unspecified atom stereocenters. The molecule has 3 rings (SSSR count). The van der Waals surface area contributed by atoms with Crippen LogP contribution in [0.1, 0.15) is 25.6 Å². The van der Waals surface area contributed by atoms with Crippen LogP contribution < -0.4 is 10.6 Å². The van der Waals surface area contributed by atoms with Crippen molar-refractivity contribution in [3.05, 3.63) is 42.1 Å². The maximum atomic E-state index is 13.6. The molecule has 4 nitrogen and oxygen atoms in total. The van der Waals surface area contributed by atoms with Crippen LogP contribution >= 0.6 is 0 Å². The molecule has 5 heteroatoms. The van der Waals surface area contributed by atoms with E-state index in [0.29, 0.717) is 0 Å². The van der Waals surface area contributed by atoms with E-state index in [1.54, 1.807) is 6.07 Å². The summed E-state index contributed by atoms with van der Waals surface area (Å²) in [6, 6.07) is 6.86. The average molecular weight is 300 g/mol. The van der Waals surface area contributed by atoms with Crippen molar-refractivity contribution in [1.29, 1.82) is 0 Å². The average Bonchev–Trinajstić information content (AvgIpc) is 2.55. The lowest BCUT2D eigenvalue weighted by Crippen LogP contribution is -2.40. The Balaban J connectivity index is 2.02. The van der Waals surface area contributed by atoms with E-state index in [1.807, 2.05) is 19.2 Å². The van der Waals surface area contributed by atoms with E-state index >= 15 is 0 Å². The van der Waals surface area contributed by atoms with E-state index in [-0.39, 0.29) is 11.9 Å². The Morgan fingerprint density at radius 1 is 1.32 bits per heavy atom. The van der Waals surface area contributed by atoms with Crippen LogP contribution in [0.15, 0.2) is 30.5 Å². The molecule has 1 aliphatic rings. The van der Waals surface area contributed by atoms with E-state index in [9.17, 15) is 4.39 Å². The van der Waals surface area contributed by atoms with Gasteiger partial charge in [0.2, 0.25) is 0 Å². The van der Waals surface area contributed by atoms with Crippen molar-refractivity contribution in [3.63, 3.8) is 0 Å². The molecule has 1 aromatic carbocycles. The van der Waals surface area contributed by atoms with Gasteiger partial charge in [-0.3, -0.25) is 0 Å². The maximum absolute atomic E-state index is 13.6. The van der Waals surface area contributed by atoms with Gasteiger partial charge in [-0.1, -0.05) is 19.1 Å². The summed E-state index contributed by atoms with van der Waals surface area (Å²) in [6.07, 6.45) is 4.53. The molecular formula is C17H21FN4. The van der Waals surface area contributed by atoms with Crippen molar-refractivity contribution in [3.8, 4) is 11.3 Å². The third-order valence-corrected chi connectivity index (χ3v) is 4.11. The second-order valence-corrected chi connectivity index (χ2v) is 5.71. The first-order valence-electron chi connectivity index (χ1n) is 7.79. The first-order valence-corrected chi connectivity index (χ1v) is 7.79. The Bertz CT molecular complexity index is 651. The number of aryl methyl sites for hydroxylation is 1. The molecular weight excluding hydrogens is 279 g/mol. The number of hydrogen-bond donors (Lipinski definition) is 1. The summed E-state index contributed by atoms with van der Waals surface area (Å²) >= 11 is 0. The Morgan fingerprint density at radius 3 is 2.77 bits per heavy atom. The van der Waals surface area contributed by atoms with Crippen molar-refractivity contribution >= 4 is 5.69 Å². The van der Waals surface area contributed by atoms with Gasteiger partial charge in [-0.25, -0.2) is 14.4 Å². The smallest absolute Gasteiger partial charge is 0.128 e. The molecule has 2 heterocycles. The number of aromatic nitrogens is 2. The van der Waals surface area contributed by atoms with Crippen molar-refractivity contribution < 1.29 is 4.39 Å². The normalized spacial score (nSPS) is 16.0. The number of nitrogens with zero attached hydrogens (tertiary/aromatic N) is 3. The van der Waals surface area contributed by atoms with Gasteiger partial charge in [-0.05, 0) is 25.0 Å². The van der Waals surface area contributed by atoms with Gasteiger partial charge in [0.25, 0.3) is 0 Å². The summed E-state index contributed by atoms with van der Waals surface area (Å²) in [5, 5.41) is 0. The fourth-order valence-corrected chi connectivity index (χ4v) is 2.80. The maximum Gasteiger partial charge on any atom is 0.128 e. The van der Waals surface area contributed by atoms with Crippen LogP contribution in [-0.4, -0.2) is 29.1 Å². The summed E-state index contributed by atoms with van der Waals surface area (Å²) in [6.45, 7) is 3.79. The van der Waals surface area contributed by atoms with Crippen LogP contribution in [0.3, 0.4) is 0 Å². The highest BCUT2D eigenvalue weighted by molar-refractivity contribution is 5.74. The molecule has 1 aromatic heterocycles. The zero-order valence-corrected chi connectivity index (χ0v) is 12.8. The highest BCUT2D eigenvalue weighted by Gasteiger charge is 2.21. The Hall–Kier alpha value is -2.01. The minimum atomic E-state index is -0.249. The van der Waals surface area contributed by atoms with Crippen LogP contribution in [0.2, 0.25) is 0 Å². The number of hydrogen-bond acceptors (Lipinski definition) is 4. The molecule has 2 N–H and O–H groups in total. The van der Waals surface area contributed by atoms with Gasteiger partial charge in [-0.15, -0.1) is 0 Å². The van der Waals surface area contributed by atoms with Gasteiger partial charge in [0.1, 0.15) is 11.6 Å². The van der Waals surface area contributed by atoms with E-state index in [4.69, 9.17) is 5.73 Å². The molecule has 116 valence electrons. The Morgan fingerprint density at radius 2 is 2.09 bits per heavy atom. The van der Waals surface area contributed by atoms with Crippen molar-refractivity contribution in [1.82, 2.24) is 9.97 Å². The molecule has 0 aliphatic carbocycles. The van der Waals surface area contributed by atoms with Crippen LogP contribution in [0.4, 0.5) is 10.1 Å². The van der Waals surface area contributed by atoms with E-state index in [0.717, 1.165) is 55.1 Å². The molecule has 1 aliphatic heterocycles. The third kappa shape index (κ3) is 3.09. The lowest BCUT2D eigenvalue weighted by molar-refractivity contribution is 0.501. The fourth-order valence-electron chi connectivity index (χ4n) is 2.80. The van der Waals surface area contributed by atoms with Crippen LogP contribution in [0, 0.1) is 5.82 Å². The quantitative estimate of drug-likeness (QED) is 0.947. The van der Waals surface area contributed by atoms with E-state index in [2.05, 4.69) is 14.9 Å². The SMILES string of the molecule is CCc1ncc(N2CCC(N)CC2)c(-c2cccc(F)c2)n1. The zero-order chi connectivity index (χ0) is 15.5. The van der Waals surface area contributed by atoms with E-state index in [1.165, 1.54) is 12.1 Å². The molecule has 1 saturated heterocycles. The second-order valence-electron chi connectivity index (χ2n) is 5.71. The van der Waals surface area contributed by atoms with Crippen molar-refractivity contribution in [2.45, 2.75) is 32.2 Å². The topological polar surface area (TPSA) is 55.0 Å². The largest absolute Gasteiger partial charge is 0.368 e. The molecule has 0 amide bonds. The van der Waals surface area contributed by atoms with Gasteiger partial charge in [0.15, 0.2) is 0 Å². The first-order chi connectivity index (χ1) is 10.7. The molecule has 0 radical (unpaired) electrons. The Kier molecular flexibility index (Phi) is 4.34. The summed E-state index contributed by atoms with van der Waals surface area (Å²) < 4.78 is 13.6. The summed E-state index contributed by atoms with van der Waals surface area (Å²) in [5.41, 5.74) is 8.55. The molecule has 1 fully saturated rings. The van der Waals surface area contributed by atoms with Gasteiger partial charge in [-0.2, -0.15) is 0 Å². The Labute approximate surface area is 130 Å².